The Morgan fingerprint density at radius 3 is 2.24 bits per heavy atom. The van der Waals surface area contributed by atoms with Gasteiger partial charge in [-0.25, -0.2) is 0 Å². The Morgan fingerprint density at radius 2 is 1.55 bits per heavy atom. The van der Waals surface area contributed by atoms with E-state index in [-0.39, 0.29) is 42.0 Å². The molecule has 3 aromatic carbocycles. The highest BCUT2D eigenvalue weighted by Crippen LogP contribution is 2.56. The molecular formula is C44H45N5O9. The van der Waals surface area contributed by atoms with Crippen LogP contribution in [0, 0.1) is 22.2 Å². The molecule has 300 valence electrons. The number of pyridine rings is 1. The van der Waals surface area contributed by atoms with Gasteiger partial charge in [0.2, 0.25) is 11.8 Å². The molecule has 1 saturated carbocycles. The molecular weight excluding hydrogens is 743 g/mol. The number of aromatic nitrogens is 1. The third-order valence-corrected chi connectivity index (χ3v) is 11.1. The lowest BCUT2D eigenvalue weighted by atomic mass is 9.49. The maximum absolute atomic E-state index is 13.4. The minimum atomic E-state index is -1.02. The van der Waals surface area contributed by atoms with Gasteiger partial charge in [-0.05, 0) is 73.2 Å². The second-order valence-corrected chi connectivity index (χ2v) is 15.9. The van der Waals surface area contributed by atoms with E-state index in [4.69, 9.17) is 18.9 Å². The number of rotatable bonds is 15. The first-order valence-electron chi connectivity index (χ1n) is 19.4. The van der Waals surface area contributed by atoms with Gasteiger partial charge in [0, 0.05) is 66.5 Å². The summed E-state index contributed by atoms with van der Waals surface area (Å²) in [5.41, 5.74) is 1.18. The SMILES string of the molecule is CC1(C)C(NC(=O)c2ccc(OCCCOCCCOc3ccc4c(c3)C(=O)N(C3CCC(=O)NC3=O)C4=O)cc2)C(C)(C)C1Oc1ccc(C#N)c2ncccc12. The molecule has 2 aliphatic heterocycles. The molecule has 1 aromatic heterocycles. The highest BCUT2D eigenvalue weighted by molar-refractivity contribution is 6.23. The van der Waals surface area contributed by atoms with Crippen molar-refractivity contribution in [3.8, 4) is 23.3 Å². The van der Waals surface area contributed by atoms with Gasteiger partial charge in [0.05, 0.1) is 35.4 Å². The molecule has 4 aromatic rings. The van der Waals surface area contributed by atoms with Crippen molar-refractivity contribution in [2.75, 3.05) is 26.4 Å². The van der Waals surface area contributed by atoms with Crippen molar-refractivity contribution in [3.63, 3.8) is 0 Å². The third kappa shape index (κ3) is 7.69. The fourth-order valence-corrected chi connectivity index (χ4v) is 8.53. The molecule has 1 atom stereocenters. The summed E-state index contributed by atoms with van der Waals surface area (Å²) in [5, 5.41) is 15.7. The van der Waals surface area contributed by atoms with E-state index in [1.807, 2.05) is 18.2 Å². The quantitative estimate of drug-likeness (QED) is 0.117. The summed E-state index contributed by atoms with van der Waals surface area (Å²) in [6, 6.07) is 19.9. The first-order chi connectivity index (χ1) is 27.8. The predicted octanol–water partition coefficient (Wildman–Crippen LogP) is 5.37. The normalized spacial score (nSPS) is 20.5. The summed E-state index contributed by atoms with van der Waals surface area (Å²) in [6.07, 6.45) is 2.84. The van der Waals surface area contributed by atoms with Gasteiger partial charge < -0.3 is 24.3 Å². The number of nitrogens with one attached hydrogen (secondary N) is 2. The lowest BCUT2D eigenvalue weighted by molar-refractivity contribution is -0.163. The van der Waals surface area contributed by atoms with Gasteiger partial charge in [-0.1, -0.05) is 27.7 Å². The number of carbonyl (C=O) groups excluding carboxylic acids is 5. The molecule has 14 heteroatoms. The third-order valence-electron chi connectivity index (χ3n) is 11.1. The van der Waals surface area contributed by atoms with Crippen LogP contribution >= 0.6 is 0 Å². The second-order valence-electron chi connectivity index (χ2n) is 15.9. The number of amides is 5. The van der Waals surface area contributed by atoms with Crippen molar-refractivity contribution < 1.29 is 42.9 Å². The topological polar surface area (TPSA) is 186 Å². The number of benzene rings is 3. The molecule has 2 fully saturated rings. The van der Waals surface area contributed by atoms with E-state index >= 15 is 0 Å². The number of nitriles is 1. The van der Waals surface area contributed by atoms with Gasteiger partial charge in [-0.15, -0.1) is 0 Å². The predicted molar refractivity (Wildman–Crippen MR) is 210 cm³/mol. The molecule has 0 spiro atoms. The Labute approximate surface area is 335 Å². The molecule has 3 heterocycles. The molecule has 1 unspecified atom stereocenters. The van der Waals surface area contributed by atoms with Crippen molar-refractivity contribution in [2.24, 2.45) is 10.8 Å². The number of nitrogens with zero attached hydrogens (tertiary/aromatic N) is 3. The molecule has 0 bridgehead atoms. The Hall–Kier alpha value is -6.33. The molecule has 5 amide bonds. The van der Waals surface area contributed by atoms with Crippen LogP contribution in [0.2, 0.25) is 0 Å². The minimum absolute atomic E-state index is 0.0572. The van der Waals surface area contributed by atoms with E-state index in [9.17, 15) is 29.2 Å². The Balaban J connectivity index is 0.801. The van der Waals surface area contributed by atoms with Gasteiger partial charge in [-0.2, -0.15) is 5.26 Å². The summed E-state index contributed by atoms with van der Waals surface area (Å²) in [4.78, 5) is 68.4. The number of piperidine rings is 1. The zero-order chi connectivity index (χ0) is 41.2. The van der Waals surface area contributed by atoms with Crippen LogP contribution in [0.5, 0.6) is 17.2 Å². The minimum Gasteiger partial charge on any atom is -0.494 e. The molecule has 2 N–H and O–H groups in total. The Kier molecular flexibility index (Phi) is 11.2. The van der Waals surface area contributed by atoms with Gasteiger partial charge in [0.1, 0.15) is 35.5 Å². The van der Waals surface area contributed by atoms with Crippen LogP contribution < -0.4 is 24.8 Å². The average Bonchev–Trinajstić information content (AvgIpc) is 3.45. The molecule has 1 saturated heterocycles. The van der Waals surface area contributed by atoms with Crippen molar-refractivity contribution in [1.82, 2.24) is 20.5 Å². The molecule has 3 aliphatic rings. The number of hydrogen-bond donors (Lipinski definition) is 2. The summed E-state index contributed by atoms with van der Waals surface area (Å²) in [7, 11) is 0. The number of fused-ring (bicyclic) bond motifs is 2. The number of hydrogen-bond acceptors (Lipinski definition) is 11. The van der Waals surface area contributed by atoms with E-state index in [1.165, 1.54) is 12.1 Å². The van der Waals surface area contributed by atoms with Crippen molar-refractivity contribution in [3.05, 3.63) is 95.2 Å². The van der Waals surface area contributed by atoms with Crippen LogP contribution in [0.25, 0.3) is 10.9 Å². The van der Waals surface area contributed by atoms with Crippen LogP contribution in [0.1, 0.15) is 90.0 Å². The Bertz CT molecular complexity index is 2300. The van der Waals surface area contributed by atoms with Crippen molar-refractivity contribution in [2.45, 2.75) is 71.6 Å². The molecule has 14 nitrogen and oxygen atoms in total. The maximum atomic E-state index is 13.4. The molecule has 0 radical (unpaired) electrons. The summed E-state index contributed by atoms with van der Waals surface area (Å²) < 4.78 is 24.0. The van der Waals surface area contributed by atoms with Crippen LogP contribution in [-0.4, -0.2) is 84.0 Å². The van der Waals surface area contributed by atoms with E-state index in [1.54, 1.807) is 42.6 Å². The zero-order valence-electron chi connectivity index (χ0n) is 32.8. The fourth-order valence-electron chi connectivity index (χ4n) is 8.53. The van der Waals surface area contributed by atoms with Gasteiger partial charge >= 0.3 is 0 Å². The van der Waals surface area contributed by atoms with Crippen molar-refractivity contribution in [1.29, 1.82) is 5.26 Å². The number of carbonyl (C=O) groups is 5. The summed E-state index contributed by atoms with van der Waals surface area (Å²) in [6.45, 7) is 10.0. The monoisotopic (exact) mass is 787 g/mol. The van der Waals surface area contributed by atoms with Gasteiger partial charge in [0.25, 0.3) is 17.7 Å². The van der Waals surface area contributed by atoms with Gasteiger partial charge in [-0.3, -0.25) is 39.2 Å². The zero-order valence-corrected chi connectivity index (χ0v) is 32.8. The first-order valence-corrected chi connectivity index (χ1v) is 19.4. The largest absolute Gasteiger partial charge is 0.494 e. The van der Waals surface area contributed by atoms with Crippen LogP contribution in [0.3, 0.4) is 0 Å². The summed E-state index contributed by atoms with van der Waals surface area (Å²) in [5.74, 6) is -0.691. The smallest absolute Gasteiger partial charge is 0.262 e. The molecule has 1 aliphatic carbocycles. The average molecular weight is 788 g/mol. The van der Waals surface area contributed by atoms with Crippen molar-refractivity contribution >= 4 is 40.4 Å². The second kappa shape index (κ2) is 16.3. The lowest BCUT2D eigenvalue weighted by Crippen LogP contribution is -2.74. The lowest BCUT2D eigenvalue weighted by Gasteiger charge is -2.63. The molecule has 58 heavy (non-hydrogen) atoms. The number of ether oxygens (including phenoxy) is 4. The van der Waals surface area contributed by atoms with Crippen LogP contribution in [0.4, 0.5) is 0 Å². The number of imide groups is 2. The first kappa shape index (κ1) is 39.9. The fraction of sp³-hybridized carbons (Fsp3) is 0.386. The van der Waals surface area contributed by atoms with E-state index in [0.29, 0.717) is 73.2 Å². The Morgan fingerprint density at radius 1 is 0.879 bits per heavy atom. The highest BCUT2D eigenvalue weighted by Gasteiger charge is 2.64. The highest BCUT2D eigenvalue weighted by atomic mass is 16.5. The van der Waals surface area contributed by atoms with Gasteiger partial charge in [0.15, 0.2) is 0 Å². The maximum Gasteiger partial charge on any atom is 0.262 e. The summed E-state index contributed by atoms with van der Waals surface area (Å²) >= 11 is 0. The van der Waals surface area contributed by atoms with E-state index < -0.39 is 40.5 Å². The van der Waals surface area contributed by atoms with Crippen LogP contribution in [0.15, 0.2) is 72.9 Å². The molecule has 7 rings (SSSR count). The van der Waals surface area contributed by atoms with Crippen LogP contribution in [-0.2, 0) is 14.3 Å². The van der Waals surface area contributed by atoms with E-state index in [2.05, 4.69) is 49.4 Å². The van der Waals surface area contributed by atoms with E-state index in [0.717, 1.165) is 10.3 Å². The standard InChI is InChI=1S/C44H45N5O9/c1-43(2)41(44(3,4)42(43)58-34-17-11-27(25-45)36-31(34)8-5-19-46-36)48-37(51)26-9-12-28(13-10-26)56-22-6-20-55-21-7-23-57-29-14-15-30-32(24-29)40(54)49(39(30)53)33-16-18-35(50)47-38(33)52/h5,8-15,17,19,24,33,41-42H,6-7,16,18,20-23H2,1-4H3,(H,48,51)(H,47,50,52).